The molecule has 0 bridgehead atoms. The Labute approximate surface area is 91.9 Å². The molecule has 0 saturated carbocycles. The van der Waals surface area contributed by atoms with Gasteiger partial charge in [-0.25, -0.2) is 0 Å². The zero-order valence-corrected chi connectivity index (χ0v) is 9.73. The van der Waals surface area contributed by atoms with Gasteiger partial charge in [-0.15, -0.1) is 0 Å². The van der Waals surface area contributed by atoms with Crippen LogP contribution in [-0.4, -0.2) is 12.5 Å². The Balaban J connectivity index is 0.000000531. The minimum Gasteiger partial charge on any atom is -0.312 e. The van der Waals surface area contributed by atoms with Gasteiger partial charge in [0, 0.05) is 11.7 Å². The molecule has 0 fully saturated rings. The molecule has 0 radical (unpaired) electrons. The van der Waals surface area contributed by atoms with Gasteiger partial charge in [0.2, 0.25) is 6.41 Å². The Morgan fingerprint density at radius 3 is 2.67 bits per heavy atom. The summed E-state index contributed by atoms with van der Waals surface area (Å²) in [5, 5.41) is 0. The van der Waals surface area contributed by atoms with Crippen LogP contribution in [0.25, 0.3) is 0 Å². The number of para-hydroxylation sites is 1. The van der Waals surface area contributed by atoms with Crippen LogP contribution in [-0.2, 0) is 11.2 Å². The van der Waals surface area contributed by atoms with Crippen LogP contribution in [0.5, 0.6) is 0 Å². The molecule has 2 heteroatoms. The van der Waals surface area contributed by atoms with E-state index in [9.17, 15) is 4.79 Å². The predicted molar refractivity (Wildman–Crippen MR) is 64.1 cm³/mol. The van der Waals surface area contributed by atoms with E-state index in [0.29, 0.717) is 6.04 Å². The van der Waals surface area contributed by atoms with Gasteiger partial charge in [0.1, 0.15) is 0 Å². The highest BCUT2D eigenvalue weighted by Crippen LogP contribution is 2.28. The lowest BCUT2D eigenvalue weighted by Gasteiger charge is -2.31. The highest BCUT2D eigenvalue weighted by Gasteiger charge is 2.21. The van der Waals surface area contributed by atoms with Crippen LogP contribution in [0.1, 0.15) is 32.8 Å². The highest BCUT2D eigenvalue weighted by atomic mass is 16.1. The Kier molecular flexibility index (Phi) is 4.35. The summed E-state index contributed by atoms with van der Waals surface area (Å²) in [5.74, 6) is 0. The zero-order chi connectivity index (χ0) is 11.3. The van der Waals surface area contributed by atoms with E-state index in [1.807, 2.05) is 36.9 Å². The van der Waals surface area contributed by atoms with Crippen molar-refractivity contribution in [2.24, 2.45) is 0 Å². The number of hydrogen-bond acceptors (Lipinski definition) is 1. The zero-order valence-electron chi connectivity index (χ0n) is 9.73. The fraction of sp³-hybridized carbons (Fsp3) is 0.462. The second-order valence-corrected chi connectivity index (χ2v) is 3.53. The number of carbonyl (C=O) groups is 1. The number of carbonyl (C=O) groups excluding carboxylic acids is 1. The van der Waals surface area contributed by atoms with Crippen molar-refractivity contribution in [3.8, 4) is 0 Å². The molecule has 1 aliphatic heterocycles. The normalized spacial score (nSPS) is 18.6. The molecule has 1 aliphatic rings. The van der Waals surface area contributed by atoms with Crippen molar-refractivity contribution in [1.29, 1.82) is 0 Å². The van der Waals surface area contributed by atoms with Crippen molar-refractivity contribution in [3.63, 3.8) is 0 Å². The molecule has 82 valence electrons. The largest absolute Gasteiger partial charge is 0.312 e. The Morgan fingerprint density at radius 1 is 1.33 bits per heavy atom. The first-order chi connectivity index (χ1) is 7.33. The lowest BCUT2D eigenvalue weighted by molar-refractivity contribution is -0.107. The molecule has 1 heterocycles. The summed E-state index contributed by atoms with van der Waals surface area (Å²) in [6, 6.07) is 8.45. The van der Waals surface area contributed by atoms with Crippen LogP contribution in [0, 0.1) is 0 Å². The molecule has 0 aromatic heterocycles. The monoisotopic (exact) mass is 205 g/mol. The maximum atomic E-state index is 10.9. The minimum absolute atomic E-state index is 0.340. The maximum absolute atomic E-state index is 10.9. The Hall–Kier alpha value is -1.31. The smallest absolute Gasteiger partial charge is 0.214 e. The average molecular weight is 205 g/mol. The van der Waals surface area contributed by atoms with E-state index < -0.39 is 0 Å². The quantitative estimate of drug-likeness (QED) is 0.645. The highest BCUT2D eigenvalue weighted by molar-refractivity contribution is 5.78. The van der Waals surface area contributed by atoms with Gasteiger partial charge in [-0.05, 0) is 31.4 Å². The molecule has 1 aromatic rings. The fourth-order valence-corrected chi connectivity index (χ4v) is 1.88. The van der Waals surface area contributed by atoms with Crippen molar-refractivity contribution in [2.75, 3.05) is 4.90 Å². The summed E-state index contributed by atoms with van der Waals surface area (Å²) in [7, 11) is 0. The van der Waals surface area contributed by atoms with Crippen molar-refractivity contribution in [3.05, 3.63) is 29.8 Å². The molecule has 0 N–H and O–H groups in total. The van der Waals surface area contributed by atoms with Gasteiger partial charge < -0.3 is 4.90 Å². The minimum atomic E-state index is 0.340. The van der Waals surface area contributed by atoms with E-state index in [4.69, 9.17) is 0 Å². The average Bonchev–Trinajstić information content (AvgIpc) is 2.32. The number of anilines is 1. The van der Waals surface area contributed by atoms with Gasteiger partial charge in [-0.2, -0.15) is 0 Å². The van der Waals surface area contributed by atoms with Crippen molar-refractivity contribution in [2.45, 2.75) is 39.7 Å². The number of aryl methyl sites for hydroxylation is 1. The van der Waals surface area contributed by atoms with Crippen LogP contribution >= 0.6 is 0 Å². The molecule has 0 saturated heterocycles. The van der Waals surface area contributed by atoms with E-state index in [1.165, 1.54) is 5.56 Å². The number of rotatable bonds is 1. The van der Waals surface area contributed by atoms with Gasteiger partial charge in [0.05, 0.1) is 0 Å². The molecule has 15 heavy (non-hydrogen) atoms. The van der Waals surface area contributed by atoms with Gasteiger partial charge in [-0.3, -0.25) is 4.79 Å². The molecule has 1 amide bonds. The van der Waals surface area contributed by atoms with E-state index in [2.05, 4.69) is 13.0 Å². The molecule has 0 spiro atoms. The third-order valence-corrected chi connectivity index (χ3v) is 2.69. The van der Waals surface area contributed by atoms with E-state index in [0.717, 1.165) is 24.9 Å². The lowest BCUT2D eigenvalue weighted by Crippen LogP contribution is -2.35. The third-order valence-electron chi connectivity index (χ3n) is 2.69. The topological polar surface area (TPSA) is 20.3 Å². The summed E-state index contributed by atoms with van der Waals surface area (Å²) in [6.07, 6.45) is 3.08. The summed E-state index contributed by atoms with van der Waals surface area (Å²) >= 11 is 0. The number of hydrogen-bond donors (Lipinski definition) is 0. The first-order valence-electron chi connectivity index (χ1n) is 5.64. The second-order valence-electron chi connectivity index (χ2n) is 3.53. The number of nitrogens with zero attached hydrogens (tertiary/aromatic N) is 1. The Morgan fingerprint density at radius 2 is 2.00 bits per heavy atom. The molecular formula is C13H19NO. The third kappa shape index (κ3) is 2.38. The number of amides is 1. The van der Waals surface area contributed by atoms with Crippen LogP contribution in [0.15, 0.2) is 24.3 Å². The van der Waals surface area contributed by atoms with Crippen molar-refractivity contribution < 1.29 is 4.79 Å². The molecule has 1 aromatic carbocycles. The maximum Gasteiger partial charge on any atom is 0.214 e. The van der Waals surface area contributed by atoms with E-state index in [-0.39, 0.29) is 0 Å². The summed E-state index contributed by atoms with van der Waals surface area (Å²) < 4.78 is 0. The van der Waals surface area contributed by atoms with Gasteiger partial charge in [0.15, 0.2) is 0 Å². The van der Waals surface area contributed by atoms with Crippen LogP contribution < -0.4 is 4.90 Å². The van der Waals surface area contributed by atoms with Crippen molar-refractivity contribution in [1.82, 2.24) is 0 Å². The molecule has 1 unspecified atom stereocenters. The fourth-order valence-electron chi connectivity index (χ4n) is 1.88. The molecule has 2 nitrogen and oxygen atoms in total. The first-order valence-corrected chi connectivity index (χ1v) is 5.64. The van der Waals surface area contributed by atoms with Gasteiger partial charge in [0.25, 0.3) is 0 Å². The van der Waals surface area contributed by atoms with Crippen molar-refractivity contribution >= 4 is 12.1 Å². The summed E-state index contributed by atoms with van der Waals surface area (Å²) in [5.41, 5.74) is 2.36. The first kappa shape index (κ1) is 11.8. The van der Waals surface area contributed by atoms with Crippen LogP contribution in [0.4, 0.5) is 5.69 Å². The van der Waals surface area contributed by atoms with Crippen LogP contribution in [0.3, 0.4) is 0 Å². The SMILES string of the molecule is CC.CC1CCc2ccccc2N1C=O. The summed E-state index contributed by atoms with van der Waals surface area (Å²) in [6.45, 7) is 6.09. The van der Waals surface area contributed by atoms with Gasteiger partial charge >= 0.3 is 0 Å². The van der Waals surface area contributed by atoms with E-state index >= 15 is 0 Å². The Bertz CT molecular complexity index is 322. The predicted octanol–water partition coefficient (Wildman–Crippen LogP) is 3.01. The standard InChI is InChI=1S/C11H13NO.C2H6/c1-9-6-7-10-4-2-3-5-11(10)12(9)8-13;1-2/h2-5,8-9H,6-7H2,1H3;1-2H3. The number of fused-ring (bicyclic) bond motifs is 1. The molecular weight excluding hydrogens is 186 g/mol. The van der Waals surface area contributed by atoms with Crippen LogP contribution in [0.2, 0.25) is 0 Å². The second kappa shape index (κ2) is 5.54. The van der Waals surface area contributed by atoms with Gasteiger partial charge in [-0.1, -0.05) is 32.0 Å². The lowest BCUT2D eigenvalue weighted by atomic mass is 9.97. The molecule has 2 rings (SSSR count). The summed E-state index contributed by atoms with van der Waals surface area (Å²) in [4.78, 5) is 12.7. The molecule has 0 aliphatic carbocycles. The molecule has 1 atom stereocenters. The number of benzene rings is 1. The van der Waals surface area contributed by atoms with E-state index in [1.54, 1.807) is 0 Å².